The van der Waals surface area contributed by atoms with Crippen LogP contribution in [0.2, 0.25) is 0 Å². The van der Waals surface area contributed by atoms with Crippen LogP contribution in [0.3, 0.4) is 0 Å². The summed E-state index contributed by atoms with van der Waals surface area (Å²) >= 11 is 5.41. The Labute approximate surface area is 143 Å². The van der Waals surface area contributed by atoms with Crippen molar-refractivity contribution >= 4 is 17.6 Å². The Morgan fingerprint density at radius 2 is 2.04 bits per heavy atom. The number of rotatable bonds is 8. The van der Waals surface area contributed by atoms with Crippen LogP contribution >= 0.6 is 11.6 Å². The standard InChI is InChI=1S/C12H22ClN3O8/c1-2-5-23-11-8(19)6(17)7(18)9(24-11)10(20)14-12(21)16(15-22)4-3-13/h6-11,17-20H,2-5H2,1H3,(H,14,21)/t6-,7-,8+,9-,10?,11-/m0/s1. The zero-order chi connectivity index (χ0) is 18.3. The molecule has 1 saturated heterocycles. The van der Waals surface area contributed by atoms with Crippen LogP contribution < -0.4 is 5.32 Å². The maximum absolute atomic E-state index is 11.7. The van der Waals surface area contributed by atoms with Crippen LogP contribution in [-0.2, 0) is 9.47 Å². The average molecular weight is 372 g/mol. The lowest BCUT2D eigenvalue weighted by Crippen LogP contribution is -2.64. The van der Waals surface area contributed by atoms with Gasteiger partial charge in [-0.2, -0.15) is 5.01 Å². The Kier molecular flexibility index (Phi) is 8.76. The second-order valence-electron chi connectivity index (χ2n) is 5.10. The van der Waals surface area contributed by atoms with Crippen molar-refractivity contribution in [2.75, 3.05) is 19.0 Å². The molecular formula is C12H22ClN3O8. The smallest absolute Gasteiger partial charge is 0.342 e. The van der Waals surface area contributed by atoms with Gasteiger partial charge < -0.3 is 35.2 Å². The summed E-state index contributed by atoms with van der Waals surface area (Å²) in [5, 5.41) is 44.4. The second kappa shape index (κ2) is 10.0. The molecule has 0 aliphatic carbocycles. The SMILES string of the molecule is CCCO[C@H]1O[C@H](C(O)NC(=O)N(CCCl)N=O)[C@@H](O)[C@H](O)[C@H]1O. The maximum Gasteiger partial charge on any atom is 0.342 e. The van der Waals surface area contributed by atoms with E-state index in [1.54, 1.807) is 0 Å². The van der Waals surface area contributed by atoms with Gasteiger partial charge in [-0.05, 0) is 6.42 Å². The zero-order valence-electron chi connectivity index (χ0n) is 13.0. The Morgan fingerprint density at radius 1 is 1.38 bits per heavy atom. The van der Waals surface area contributed by atoms with Crippen LogP contribution in [0.5, 0.6) is 0 Å². The summed E-state index contributed by atoms with van der Waals surface area (Å²) in [6.45, 7) is 1.82. The largest absolute Gasteiger partial charge is 0.387 e. The lowest BCUT2D eigenvalue weighted by atomic mass is 9.98. The van der Waals surface area contributed by atoms with E-state index >= 15 is 0 Å². The first kappa shape index (κ1) is 21.0. The minimum atomic E-state index is -1.80. The Morgan fingerprint density at radius 3 is 2.58 bits per heavy atom. The van der Waals surface area contributed by atoms with Crippen LogP contribution in [0.4, 0.5) is 4.79 Å². The van der Waals surface area contributed by atoms with Gasteiger partial charge in [0.2, 0.25) is 0 Å². The van der Waals surface area contributed by atoms with Gasteiger partial charge in [0.25, 0.3) is 0 Å². The highest BCUT2D eigenvalue weighted by atomic mass is 35.5. The van der Waals surface area contributed by atoms with E-state index in [1.807, 2.05) is 12.2 Å². The molecular weight excluding hydrogens is 350 g/mol. The van der Waals surface area contributed by atoms with Crippen molar-refractivity contribution in [1.29, 1.82) is 0 Å². The summed E-state index contributed by atoms with van der Waals surface area (Å²) in [6.07, 6.45) is -8.91. The van der Waals surface area contributed by atoms with Crippen molar-refractivity contribution in [1.82, 2.24) is 10.3 Å². The average Bonchev–Trinajstić information content (AvgIpc) is 2.56. The van der Waals surface area contributed by atoms with Crippen molar-refractivity contribution in [3.05, 3.63) is 4.91 Å². The van der Waals surface area contributed by atoms with Crippen LogP contribution in [0.15, 0.2) is 5.29 Å². The van der Waals surface area contributed by atoms with Crippen molar-refractivity contribution < 1.29 is 34.7 Å². The molecule has 1 heterocycles. The number of carbonyl (C=O) groups is 1. The summed E-state index contributed by atoms with van der Waals surface area (Å²) in [5.41, 5.74) is 0. The zero-order valence-corrected chi connectivity index (χ0v) is 13.7. The van der Waals surface area contributed by atoms with E-state index in [4.69, 9.17) is 21.1 Å². The Hall–Kier alpha value is -1.08. The second-order valence-corrected chi connectivity index (χ2v) is 5.48. The molecule has 0 spiro atoms. The molecule has 140 valence electrons. The summed E-state index contributed by atoms with van der Waals surface area (Å²) in [5.74, 6) is -0.0599. The molecule has 0 aromatic rings. The number of hydrogen-bond donors (Lipinski definition) is 5. The lowest BCUT2D eigenvalue weighted by molar-refractivity contribution is -0.311. The van der Waals surface area contributed by atoms with Crippen LogP contribution in [0.25, 0.3) is 0 Å². The monoisotopic (exact) mass is 371 g/mol. The third-order valence-corrected chi connectivity index (χ3v) is 3.47. The van der Waals surface area contributed by atoms with Crippen LogP contribution in [0.1, 0.15) is 13.3 Å². The normalized spacial score (nSPS) is 31.3. The van der Waals surface area contributed by atoms with E-state index in [2.05, 4.69) is 5.29 Å². The number of nitroso groups, excluding NO2 is 1. The number of alkyl halides is 1. The first-order chi connectivity index (χ1) is 11.4. The number of nitrogens with one attached hydrogen (secondary N) is 1. The summed E-state index contributed by atoms with van der Waals surface area (Å²) in [6, 6.07) is -1.07. The number of ether oxygens (including phenoxy) is 2. The molecule has 0 aromatic heterocycles. The van der Waals surface area contributed by atoms with E-state index in [-0.39, 0.29) is 19.0 Å². The molecule has 11 nitrogen and oxygen atoms in total. The number of aliphatic hydroxyl groups excluding tert-OH is 4. The number of nitrogens with zero attached hydrogens (tertiary/aromatic N) is 2. The fraction of sp³-hybridized carbons (Fsp3) is 0.917. The Bertz CT molecular complexity index is 418. The van der Waals surface area contributed by atoms with Crippen molar-refractivity contribution in [2.45, 2.75) is 50.3 Å². The molecule has 1 unspecified atom stereocenters. The number of urea groups is 1. The summed E-state index contributed by atoms with van der Waals surface area (Å²) in [7, 11) is 0. The fourth-order valence-electron chi connectivity index (χ4n) is 2.05. The van der Waals surface area contributed by atoms with Crippen molar-refractivity contribution in [3.8, 4) is 0 Å². The molecule has 0 aromatic carbocycles. The van der Waals surface area contributed by atoms with E-state index in [0.717, 1.165) is 0 Å². The molecule has 0 radical (unpaired) electrons. The van der Waals surface area contributed by atoms with Gasteiger partial charge in [0.15, 0.2) is 12.5 Å². The third kappa shape index (κ3) is 5.21. The molecule has 0 bridgehead atoms. The predicted octanol–water partition coefficient (Wildman–Crippen LogP) is -1.53. The number of halogens is 1. The van der Waals surface area contributed by atoms with Gasteiger partial charge in [-0.3, -0.25) is 0 Å². The summed E-state index contributed by atoms with van der Waals surface area (Å²) < 4.78 is 10.4. The van der Waals surface area contributed by atoms with Gasteiger partial charge in [0.05, 0.1) is 11.8 Å². The molecule has 2 amide bonds. The molecule has 1 aliphatic rings. The van der Waals surface area contributed by atoms with Gasteiger partial charge in [0, 0.05) is 12.5 Å². The van der Waals surface area contributed by atoms with E-state index < -0.39 is 43.0 Å². The molecule has 1 fully saturated rings. The number of hydrogen-bond acceptors (Lipinski definition) is 9. The number of amides is 2. The minimum Gasteiger partial charge on any atom is -0.387 e. The van der Waals surface area contributed by atoms with Crippen molar-refractivity contribution in [2.24, 2.45) is 5.29 Å². The van der Waals surface area contributed by atoms with Gasteiger partial charge in [-0.1, -0.05) is 6.92 Å². The third-order valence-electron chi connectivity index (χ3n) is 3.30. The molecule has 5 N–H and O–H groups in total. The van der Waals surface area contributed by atoms with Crippen LogP contribution in [0, 0.1) is 4.91 Å². The summed E-state index contributed by atoms with van der Waals surface area (Å²) in [4.78, 5) is 22.3. The van der Waals surface area contributed by atoms with E-state index in [0.29, 0.717) is 11.4 Å². The molecule has 0 saturated carbocycles. The lowest BCUT2D eigenvalue weighted by Gasteiger charge is -2.41. The number of carbonyl (C=O) groups excluding carboxylic acids is 1. The highest BCUT2D eigenvalue weighted by Gasteiger charge is 2.47. The maximum atomic E-state index is 11.7. The van der Waals surface area contributed by atoms with Crippen molar-refractivity contribution in [3.63, 3.8) is 0 Å². The molecule has 24 heavy (non-hydrogen) atoms. The van der Waals surface area contributed by atoms with Gasteiger partial charge in [-0.25, -0.2) is 4.79 Å². The predicted molar refractivity (Wildman–Crippen MR) is 80.7 cm³/mol. The van der Waals surface area contributed by atoms with Gasteiger partial charge in [0.1, 0.15) is 24.4 Å². The Balaban J connectivity index is 2.74. The van der Waals surface area contributed by atoms with Crippen LogP contribution in [-0.4, -0.2) is 87.4 Å². The molecule has 6 atom stereocenters. The first-order valence-corrected chi connectivity index (χ1v) is 7.87. The van der Waals surface area contributed by atoms with E-state index in [9.17, 15) is 30.1 Å². The van der Waals surface area contributed by atoms with Gasteiger partial charge >= 0.3 is 6.03 Å². The highest BCUT2D eigenvalue weighted by molar-refractivity contribution is 6.18. The highest BCUT2D eigenvalue weighted by Crippen LogP contribution is 2.23. The first-order valence-electron chi connectivity index (χ1n) is 7.33. The minimum absolute atomic E-state index is 0.0599. The van der Waals surface area contributed by atoms with E-state index in [1.165, 1.54) is 0 Å². The molecule has 1 aliphatic heterocycles. The molecule has 1 rings (SSSR count). The molecule has 12 heteroatoms. The fourth-order valence-corrected chi connectivity index (χ4v) is 2.21. The number of aliphatic hydroxyl groups is 4. The van der Waals surface area contributed by atoms with Gasteiger partial charge in [-0.15, -0.1) is 16.5 Å². The quantitative estimate of drug-likeness (QED) is 0.148. The topological polar surface area (TPSA) is 161 Å².